The molecule has 0 aliphatic rings. The average molecular weight is 271 g/mol. The van der Waals surface area contributed by atoms with Gasteiger partial charge in [0, 0.05) is 38.6 Å². The number of rotatable bonds is 8. The Morgan fingerprint density at radius 3 is 2.26 bits per heavy atom. The van der Waals surface area contributed by atoms with Crippen LogP contribution < -0.4 is 4.90 Å². The molecule has 0 saturated carbocycles. The molecule has 0 amide bonds. The van der Waals surface area contributed by atoms with Gasteiger partial charge in [-0.3, -0.25) is 0 Å². The van der Waals surface area contributed by atoms with Crippen molar-refractivity contribution in [2.75, 3.05) is 45.4 Å². The third kappa shape index (κ3) is 4.78. The first-order valence-electron chi connectivity index (χ1n) is 6.30. The van der Waals surface area contributed by atoms with E-state index in [9.17, 15) is 9.50 Å². The Labute approximate surface area is 113 Å². The highest BCUT2D eigenvalue weighted by atomic mass is 19.1. The Balaban J connectivity index is 2.98. The molecule has 0 aliphatic heterocycles. The maximum absolute atomic E-state index is 13.3. The molecule has 1 aromatic carbocycles. The van der Waals surface area contributed by atoms with Crippen molar-refractivity contribution < 1.29 is 19.0 Å². The van der Waals surface area contributed by atoms with Gasteiger partial charge in [-0.1, -0.05) is 0 Å². The van der Waals surface area contributed by atoms with Crippen molar-refractivity contribution >= 4 is 5.69 Å². The van der Waals surface area contributed by atoms with Gasteiger partial charge in [-0.2, -0.15) is 0 Å². The summed E-state index contributed by atoms with van der Waals surface area (Å²) in [6.45, 7) is 4.06. The SMILES string of the molecule is COCCN(CCOC)c1ccc(F)cc1C(C)O. The molecule has 0 aromatic heterocycles. The number of ether oxygens (including phenoxy) is 2. The number of aliphatic hydroxyl groups is 1. The second-order valence-corrected chi connectivity index (χ2v) is 4.35. The van der Waals surface area contributed by atoms with E-state index in [0.717, 1.165) is 5.69 Å². The van der Waals surface area contributed by atoms with E-state index in [1.807, 2.05) is 4.90 Å². The third-order valence-electron chi connectivity index (χ3n) is 2.91. The van der Waals surface area contributed by atoms with Crippen LogP contribution in [0, 0.1) is 5.82 Å². The van der Waals surface area contributed by atoms with Gasteiger partial charge >= 0.3 is 0 Å². The van der Waals surface area contributed by atoms with Crippen molar-refractivity contribution in [3.63, 3.8) is 0 Å². The number of aliphatic hydroxyl groups excluding tert-OH is 1. The Kier molecular flexibility index (Phi) is 6.77. The molecule has 1 atom stereocenters. The van der Waals surface area contributed by atoms with Gasteiger partial charge in [0.1, 0.15) is 5.82 Å². The Morgan fingerprint density at radius 2 is 1.79 bits per heavy atom. The Morgan fingerprint density at radius 1 is 1.21 bits per heavy atom. The summed E-state index contributed by atoms with van der Waals surface area (Å²) in [6.07, 6.45) is -0.724. The summed E-state index contributed by atoms with van der Waals surface area (Å²) in [5.41, 5.74) is 1.39. The predicted molar refractivity (Wildman–Crippen MR) is 73.0 cm³/mol. The van der Waals surface area contributed by atoms with Crippen molar-refractivity contribution in [3.05, 3.63) is 29.6 Å². The van der Waals surface area contributed by atoms with Crippen molar-refractivity contribution in [2.45, 2.75) is 13.0 Å². The first kappa shape index (κ1) is 15.9. The van der Waals surface area contributed by atoms with Crippen molar-refractivity contribution in [3.8, 4) is 0 Å². The van der Waals surface area contributed by atoms with Crippen LogP contribution in [0.25, 0.3) is 0 Å². The van der Waals surface area contributed by atoms with Crippen molar-refractivity contribution in [2.24, 2.45) is 0 Å². The second kappa shape index (κ2) is 8.09. The fourth-order valence-corrected chi connectivity index (χ4v) is 1.90. The maximum Gasteiger partial charge on any atom is 0.123 e. The summed E-state index contributed by atoms with van der Waals surface area (Å²) in [5, 5.41) is 9.77. The molecule has 5 heteroatoms. The molecule has 19 heavy (non-hydrogen) atoms. The first-order chi connectivity index (χ1) is 9.10. The van der Waals surface area contributed by atoms with E-state index >= 15 is 0 Å². The van der Waals surface area contributed by atoms with E-state index < -0.39 is 6.10 Å². The summed E-state index contributed by atoms with van der Waals surface area (Å²) in [5.74, 6) is -0.349. The summed E-state index contributed by atoms with van der Waals surface area (Å²) in [6, 6.07) is 4.45. The number of nitrogens with zero attached hydrogens (tertiary/aromatic N) is 1. The molecule has 0 heterocycles. The minimum Gasteiger partial charge on any atom is -0.389 e. The topological polar surface area (TPSA) is 41.9 Å². The minimum absolute atomic E-state index is 0.349. The fourth-order valence-electron chi connectivity index (χ4n) is 1.90. The molecule has 0 spiro atoms. The summed E-state index contributed by atoms with van der Waals surface area (Å²) >= 11 is 0. The van der Waals surface area contributed by atoms with Gasteiger partial charge in [0.2, 0.25) is 0 Å². The Bertz CT molecular complexity index is 377. The van der Waals surface area contributed by atoms with Gasteiger partial charge < -0.3 is 19.5 Å². The average Bonchev–Trinajstić information content (AvgIpc) is 2.39. The lowest BCUT2D eigenvalue weighted by atomic mass is 10.1. The smallest absolute Gasteiger partial charge is 0.123 e. The molecule has 0 saturated heterocycles. The molecule has 1 N–H and O–H groups in total. The molecular formula is C14H22FNO3. The number of hydrogen-bond donors (Lipinski definition) is 1. The lowest BCUT2D eigenvalue weighted by Gasteiger charge is -2.27. The zero-order chi connectivity index (χ0) is 14.3. The lowest BCUT2D eigenvalue weighted by molar-refractivity contribution is 0.187. The monoisotopic (exact) mass is 271 g/mol. The summed E-state index contributed by atoms with van der Waals surface area (Å²) in [7, 11) is 3.27. The molecular weight excluding hydrogens is 249 g/mol. The van der Waals surface area contributed by atoms with Gasteiger partial charge in [-0.15, -0.1) is 0 Å². The molecule has 0 aliphatic carbocycles. The van der Waals surface area contributed by atoms with Crippen LogP contribution >= 0.6 is 0 Å². The van der Waals surface area contributed by atoms with E-state index in [2.05, 4.69) is 0 Å². The second-order valence-electron chi connectivity index (χ2n) is 4.35. The molecule has 108 valence electrons. The first-order valence-corrected chi connectivity index (χ1v) is 6.30. The van der Waals surface area contributed by atoms with Crippen molar-refractivity contribution in [1.82, 2.24) is 0 Å². The van der Waals surface area contributed by atoms with Crippen LogP contribution in [-0.4, -0.2) is 45.6 Å². The maximum atomic E-state index is 13.3. The highest BCUT2D eigenvalue weighted by molar-refractivity contribution is 5.54. The molecule has 1 rings (SSSR count). The van der Waals surface area contributed by atoms with E-state index in [0.29, 0.717) is 31.9 Å². The minimum atomic E-state index is -0.724. The number of benzene rings is 1. The largest absolute Gasteiger partial charge is 0.389 e. The van der Waals surface area contributed by atoms with Gasteiger partial charge in [0.25, 0.3) is 0 Å². The highest BCUT2D eigenvalue weighted by Crippen LogP contribution is 2.27. The molecule has 1 unspecified atom stereocenters. The molecule has 0 bridgehead atoms. The lowest BCUT2D eigenvalue weighted by Crippen LogP contribution is -2.31. The summed E-state index contributed by atoms with van der Waals surface area (Å²) < 4.78 is 23.5. The molecule has 4 nitrogen and oxygen atoms in total. The fraction of sp³-hybridized carbons (Fsp3) is 0.571. The van der Waals surface area contributed by atoms with Crippen LogP contribution in [0.3, 0.4) is 0 Å². The van der Waals surface area contributed by atoms with Gasteiger partial charge in [-0.05, 0) is 25.1 Å². The van der Waals surface area contributed by atoms with Crippen LogP contribution in [0.5, 0.6) is 0 Å². The normalized spacial score (nSPS) is 12.5. The number of hydrogen-bond acceptors (Lipinski definition) is 4. The van der Waals surface area contributed by atoms with Crippen LogP contribution in [0.4, 0.5) is 10.1 Å². The van der Waals surface area contributed by atoms with Gasteiger partial charge in [-0.25, -0.2) is 4.39 Å². The zero-order valence-corrected chi connectivity index (χ0v) is 11.7. The molecule has 0 fully saturated rings. The molecule has 0 radical (unpaired) electrons. The van der Waals surface area contributed by atoms with Crippen molar-refractivity contribution in [1.29, 1.82) is 0 Å². The summed E-state index contributed by atoms with van der Waals surface area (Å²) in [4.78, 5) is 2.02. The number of anilines is 1. The van der Waals surface area contributed by atoms with E-state index in [1.165, 1.54) is 12.1 Å². The van der Waals surface area contributed by atoms with Crippen LogP contribution in [0.15, 0.2) is 18.2 Å². The third-order valence-corrected chi connectivity index (χ3v) is 2.91. The predicted octanol–water partition coefficient (Wildman–Crippen LogP) is 1.98. The quantitative estimate of drug-likeness (QED) is 0.785. The standard InChI is InChI=1S/C14H22FNO3/c1-11(17)13-10-12(15)4-5-14(13)16(6-8-18-2)7-9-19-3/h4-5,10-11,17H,6-9H2,1-3H3. The van der Waals surface area contributed by atoms with Gasteiger partial charge in [0.05, 0.1) is 19.3 Å². The van der Waals surface area contributed by atoms with Crippen LogP contribution in [0.2, 0.25) is 0 Å². The van der Waals surface area contributed by atoms with Crippen LogP contribution in [-0.2, 0) is 9.47 Å². The van der Waals surface area contributed by atoms with E-state index in [1.54, 1.807) is 27.2 Å². The van der Waals surface area contributed by atoms with E-state index in [4.69, 9.17) is 9.47 Å². The van der Waals surface area contributed by atoms with Gasteiger partial charge in [0.15, 0.2) is 0 Å². The molecule has 1 aromatic rings. The number of methoxy groups -OCH3 is 2. The Hall–Kier alpha value is -1.17. The van der Waals surface area contributed by atoms with E-state index in [-0.39, 0.29) is 5.82 Å². The number of halogens is 1. The highest BCUT2D eigenvalue weighted by Gasteiger charge is 2.15. The van der Waals surface area contributed by atoms with Crippen LogP contribution in [0.1, 0.15) is 18.6 Å². The zero-order valence-electron chi connectivity index (χ0n) is 11.7.